The van der Waals surface area contributed by atoms with Crippen LogP contribution in [0, 0.1) is 0 Å². The van der Waals surface area contributed by atoms with Gasteiger partial charge in [0.25, 0.3) is 5.91 Å². The number of para-hydroxylation sites is 1. The Kier molecular flexibility index (Phi) is 5.53. The van der Waals surface area contributed by atoms with E-state index in [9.17, 15) is 4.79 Å². The highest BCUT2D eigenvalue weighted by molar-refractivity contribution is 5.99. The van der Waals surface area contributed by atoms with Crippen LogP contribution in [-0.4, -0.2) is 52.5 Å². The number of hydrogen-bond acceptors (Lipinski definition) is 6. The van der Waals surface area contributed by atoms with E-state index in [4.69, 9.17) is 18.9 Å². The number of amides is 1. The molecule has 2 heterocycles. The molecule has 1 fully saturated rings. The maximum absolute atomic E-state index is 12.9. The normalized spacial score (nSPS) is 15.8. The van der Waals surface area contributed by atoms with Gasteiger partial charge in [0.2, 0.25) is 0 Å². The van der Waals surface area contributed by atoms with Gasteiger partial charge >= 0.3 is 0 Å². The third-order valence-electron chi connectivity index (χ3n) is 4.89. The fourth-order valence-electron chi connectivity index (χ4n) is 3.46. The highest BCUT2D eigenvalue weighted by atomic mass is 16.6. The van der Waals surface area contributed by atoms with Gasteiger partial charge in [-0.3, -0.25) is 4.79 Å². The molecule has 148 valence electrons. The Hall–Kier alpha value is -2.93. The van der Waals surface area contributed by atoms with E-state index < -0.39 is 0 Å². The average molecular weight is 384 g/mol. The summed E-state index contributed by atoms with van der Waals surface area (Å²) in [6, 6.07) is 11.3. The second-order valence-corrected chi connectivity index (χ2v) is 6.61. The molecular formula is C21H24N2O5. The Morgan fingerprint density at radius 3 is 2.54 bits per heavy atom. The van der Waals surface area contributed by atoms with Crippen LogP contribution >= 0.6 is 0 Å². The van der Waals surface area contributed by atoms with Gasteiger partial charge in [-0.25, -0.2) is 0 Å². The SMILES string of the molecule is COc1cc2c(cc1CNC(=O)c1ccccc1N1CCOCC1)OCCO2. The van der Waals surface area contributed by atoms with E-state index in [-0.39, 0.29) is 5.91 Å². The van der Waals surface area contributed by atoms with Crippen molar-refractivity contribution in [2.75, 3.05) is 51.5 Å². The molecule has 0 aromatic heterocycles. The van der Waals surface area contributed by atoms with Crippen LogP contribution in [-0.2, 0) is 11.3 Å². The molecule has 0 aliphatic carbocycles. The summed E-state index contributed by atoms with van der Waals surface area (Å²) in [5, 5.41) is 3.00. The highest BCUT2D eigenvalue weighted by Gasteiger charge is 2.20. The van der Waals surface area contributed by atoms with Gasteiger partial charge in [-0.2, -0.15) is 0 Å². The monoisotopic (exact) mass is 384 g/mol. The van der Waals surface area contributed by atoms with Crippen LogP contribution in [0.1, 0.15) is 15.9 Å². The Bertz CT molecular complexity index is 849. The molecule has 1 saturated heterocycles. The quantitative estimate of drug-likeness (QED) is 0.853. The Balaban J connectivity index is 1.51. The lowest BCUT2D eigenvalue weighted by Crippen LogP contribution is -2.37. The highest BCUT2D eigenvalue weighted by Crippen LogP contribution is 2.36. The molecule has 0 atom stereocenters. The van der Waals surface area contributed by atoms with E-state index in [2.05, 4.69) is 10.2 Å². The molecule has 1 amide bonds. The van der Waals surface area contributed by atoms with Gasteiger partial charge < -0.3 is 29.2 Å². The van der Waals surface area contributed by atoms with Crippen LogP contribution < -0.4 is 24.4 Å². The third kappa shape index (κ3) is 3.84. The number of hydrogen-bond donors (Lipinski definition) is 1. The van der Waals surface area contributed by atoms with Crippen molar-refractivity contribution in [2.45, 2.75) is 6.54 Å². The van der Waals surface area contributed by atoms with Crippen LogP contribution in [0.5, 0.6) is 17.2 Å². The molecule has 0 radical (unpaired) electrons. The Labute approximate surface area is 164 Å². The molecule has 0 unspecified atom stereocenters. The fourth-order valence-corrected chi connectivity index (χ4v) is 3.46. The number of nitrogens with one attached hydrogen (secondary N) is 1. The summed E-state index contributed by atoms with van der Waals surface area (Å²) in [4.78, 5) is 15.1. The summed E-state index contributed by atoms with van der Waals surface area (Å²) in [6.07, 6.45) is 0. The molecule has 0 spiro atoms. The summed E-state index contributed by atoms with van der Waals surface area (Å²) in [7, 11) is 1.60. The smallest absolute Gasteiger partial charge is 0.253 e. The zero-order valence-corrected chi connectivity index (χ0v) is 15.9. The molecule has 1 N–H and O–H groups in total. The number of nitrogens with zero attached hydrogens (tertiary/aromatic N) is 1. The summed E-state index contributed by atoms with van der Waals surface area (Å²) in [5.74, 6) is 1.87. The van der Waals surface area contributed by atoms with Crippen molar-refractivity contribution in [3.63, 3.8) is 0 Å². The minimum atomic E-state index is -0.126. The number of ether oxygens (including phenoxy) is 4. The Morgan fingerprint density at radius 2 is 1.79 bits per heavy atom. The van der Waals surface area contributed by atoms with Crippen molar-refractivity contribution < 1.29 is 23.7 Å². The van der Waals surface area contributed by atoms with Crippen molar-refractivity contribution in [2.24, 2.45) is 0 Å². The van der Waals surface area contributed by atoms with Gasteiger partial charge in [0.1, 0.15) is 19.0 Å². The van der Waals surface area contributed by atoms with E-state index >= 15 is 0 Å². The van der Waals surface area contributed by atoms with Crippen molar-refractivity contribution >= 4 is 11.6 Å². The molecule has 28 heavy (non-hydrogen) atoms. The van der Waals surface area contributed by atoms with Gasteiger partial charge in [-0.15, -0.1) is 0 Å². The van der Waals surface area contributed by atoms with Gasteiger partial charge in [0.15, 0.2) is 11.5 Å². The zero-order chi connectivity index (χ0) is 19.3. The molecule has 0 bridgehead atoms. The van der Waals surface area contributed by atoms with E-state index in [0.29, 0.717) is 55.8 Å². The van der Waals surface area contributed by atoms with Crippen LogP contribution in [0.25, 0.3) is 0 Å². The molecule has 4 rings (SSSR count). The van der Waals surface area contributed by atoms with Crippen molar-refractivity contribution in [3.05, 3.63) is 47.5 Å². The summed E-state index contributed by atoms with van der Waals surface area (Å²) in [5.41, 5.74) is 2.42. The van der Waals surface area contributed by atoms with Gasteiger partial charge in [-0.1, -0.05) is 12.1 Å². The van der Waals surface area contributed by atoms with Gasteiger partial charge in [0.05, 0.1) is 25.9 Å². The maximum Gasteiger partial charge on any atom is 0.253 e. The number of morpholine rings is 1. The topological polar surface area (TPSA) is 69.3 Å². The molecule has 0 saturated carbocycles. The first kappa shape index (κ1) is 18.4. The van der Waals surface area contributed by atoms with E-state index in [1.807, 2.05) is 30.3 Å². The number of rotatable bonds is 5. The largest absolute Gasteiger partial charge is 0.496 e. The fraction of sp³-hybridized carbons (Fsp3) is 0.381. The molecule has 7 heteroatoms. The van der Waals surface area contributed by atoms with E-state index in [1.165, 1.54) is 0 Å². The van der Waals surface area contributed by atoms with Crippen molar-refractivity contribution in [1.82, 2.24) is 5.32 Å². The van der Waals surface area contributed by atoms with Crippen LogP contribution in [0.15, 0.2) is 36.4 Å². The van der Waals surface area contributed by atoms with Gasteiger partial charge in [-0.05, 0) is 18.2 Å². The lowest BCUT2D eigenvalue weighted by atomic mass is 10.1. The lowest BCUT2D eigenvalue weighted by molar-refractivity contribution is 0.0949. The standard InChI is InChI=1S/C21H24N2O5/c1-25-18-13-20-19(27-10-11-28-20)12-15(18)14-22-21(24)16-4-2-3-5-17(16)23-6-8-26-9-7-23/h2-5,12-13H,6-11,14H2,1H3,(H,22,24). The second kappa shape index (κ2) is 8.39. The molecule has 7 nitrogen and oxygen atoms in total. The minimum Gasteiger partial charge on any atom is -0.496 e. The number of carbonyl (C=O) groups excluding carboxylic acids is 1. The number of carbonyl (C=O) groups is 1. The summed E-state index contributed by atoms with van der Waals surface area (Å²) < 4.78 is 22.1. The van der Waals surface area contributed by atoms with Crippen molar-refractivity contribution in [1.29, 1.82) is 0 Å². The molecule has 2 aromatic rings. The predicted octanol–water partition coefficient (Wildman–Crippen LogP) is 2.23. The van der Waals surface area contributed by atoms with E-state index in [1.54, 1.807) is 13.2 Å². The molecule has 2 aliphatic heterocycles. The van der Waals surface area contributed by atoms with Gasteiger partial charge in [0, 0.05) is 37.0 Å². The summed E-state index contributed by atoms with van der Waals surface area (Å²) in [6.45, 7) is 4.26. The first-order valence-electron chi connectivity index (χ1n) is 9.42. The molecule has 2 aromatic carbocycles. The number of anilines is 1. The third-order valence-corrected chi connectivity index (χ3v) is 4.89. The minimum absolute atomic E-state index is 0.126. The number of fused-ring (bicyclic) bond motifs is 1. The van der Waals surface area contributed by atoms with E-state index in [0.717, 1.165) is 24.3 Å². The Morgan fingerprint density at radius 1 is 1.07 bits per heavy atom. The lowest BCUT2D eigenvalue weighted by Gasteiger charge is -2.30. The van der Waals surface area contributed by atoms with Crippen molar-refractivity contribution in [3.8, 4) is 17.2 Å². The molecular weight excluding hydrogens is 360 g/mol. The zero-order valence-electron chi connectivity index (χ0n) is 15.9. The average Bonchev–Trinajstić information content (AvgIpc) is 2.77. The van der Waals surface area contributed by atoms with Crippen LogP contribution in [0.3, 0.4) is 0 Å². The maximum atomic E-state index is 12.9. The predicted molar refractivity (Wildman–Crippen MR) is 105 cm³/mol. The second-order valence-electron chi connectivity index (χ2n) is 6.61. The number of benzene rings is 2. The number of methoxy groups -OCH3 is 1. The summed E-state index contributed by atoms with van der Waals surface area (Å²) >= 11 is 0. The first-order chi connectivity index (χ1) is 13.8. The van der Waals surface area contributed by atoms with Crippen LogP contribution in [0.2, 0.25) is 0 Å². The van der Waals surface area contributed by atoms with Crippen LogP contribution in [0.4, 0.5) is 5.69 Å². The first-order valence-corrected chi connectivity index (χ1v) is 9.42. The molecule has 2 aliphatic rings.